The van der Waals surface area contributed by atoms with Crippen molar-refractivity contribution in [2.24, 2.45) is 0 Å². The second kappa shape index (κ2) is 8.28. The SMILES string of the molecule is O=C1c2[nH]c3ccccc3c2[C@@H](c2cccc([N+](=O)[O-])c2)OCCN1Cc1ccccc1. The summed E-state index contributed by atoms with van der Waals surface area (Å²) in [5.74, 6) is -0.112. The number of nitro groups is 1. The zero-order chi connectivity index (χ0) is 22.1. The predicted molar refractivity (Wildman–Crippen MR) is 120 cm³/mol. The van der Waals surface area contributed by atoms with Crippen LogP contribution in [0.15, 0.2) is 78.9 Å². The van der Waals surface area contributed by atoms with Gasteiger partial charge in [0, 0.05) is 41.7 Å². The number of fused-ring (bicyclic) bond motifs is 3. The van der Waals surface area contributed by atoms with Gasteiger partial charge in [0.15, 0.2) is 0 Å². The number of non-ortho nitro benzene ring substituents is 1. The molecule has 0 bridgehead atoms. The third-order valence-electron chi connectivity index (χ3n) is 5.76. The maximum Gasteiger partial charge on any atom is 0.271 e. The number of rotatable bonds is 4. The average Bonchev–Trinajstić information content (AvgIpc) is 3.19. The van der Waals surface area contributed by atoms with Crippen molar-refractivity contribution in [3.05, 3.63) is 111 Å². The third-order valence-corrected chi connectivity index (χ3v) is 5.76. The Balaban J connectivity index is 1.62. The minimum Gasteiger partial charge on any atom is -0.367 e. The predicted octanol–water partition coefficient (Wildman–Crippen LogP) is 4.84. The molecule has 0 saturated heterocycles. The van der Waals surface area contributed by atoms with Crippen LogP contribution in [0.3, 0.4) is 0 Å². The Morgan fingerprint density at radius 2 is 1.81 bits per heavy atom. The van der Waals surface area contributed by atoms with Crippen LogP contribution >= 0.6 is 0 Å². The molecular formula is C25H21N3O4. The van der Waals surface area contributed by atoms with Gasteiger partial charge in [0.2, 0.25) is 0 Å². The highest BCUT2D eigenvalue weighted by Crippen LogP contribution is 2.37. The summed E-state index contributed by atoms with van der Waals surface area (Å²) in [5, 5.41) is 12.2. The van der Waals surface area contributed by atoms with Crippen LogP contribution in [-0.2, 0) is 11.3 Å². The van der Waals surface area contributed by atoms with E-state index in [1.165, 1.54) is 12.1 Å². The van der Waals surface area contributed by atoms with Gasteiger partial charge in [-0.05, 0) is 17.2 Å². The number of aromatic nitrogens is 1. The van der Waals surface area contributed by atoms with Gasteiger partial charge < -0.3 is 14.6 Å². The van der Waals surface area contributed by atoms with Crippen LogP contribution in [0.1, 0.15) is 33.3 Å². The largest absolute Gasteiger partial charge is 0.367 e. The molecule has 32 heavy (non-hydrogen) atoms. The lowest BCUT2D eigenvalue weighted by atomic mass is 9.96. The van der Waals surface area contributed by atoms with Crippen LogP contribution < -0.4 is 0 Å². The first-order valence-electron chi connectivity index (χ1n) is 10.4. The van der Waals surface area contributed by atoms with Crippen molar-refractivity contribution in [2.75, 3.05) is 13.2 Å². The lowest BCUT2D eigenvalue weighted by molar-refractivity contribution is -0.385. The second-order valence-corrected chi connectivity index (χ2v) is 7.77. The summed E-state index contributed by atoms with van der Waals surface area (Å²) in [4.78, 5) is 29.6. The van der Waals surface area contributed by atoms with Crippen molar-refractivity contribution in [1.82, 2.24) is 9.88 Å². The van der Waals surface area contributed by atoms with E-state index >= 15 is 0 Å². The molecule has 7 nitrogen and oxygen atoms in total. The summed E-state index contributed by atoms with van der Waals surface area (Å²) in [6.45, 7) is 1.19. The molecular weight excluding hydrogens is 406 g/mol. The number of nitrogens with one attached hydrogen (secondary N) is 1. The first-order valence-corrected chi connectivity index (χ1v) is 10.4. The summed E-state index contributed by atoms with van der Waals surface area (Å²) < 4.78 is 6.28. The highest BCUT2D eigenvalue weighted by Gasteiger charge is 2.32. The number of amides is 1. The molecule has 1 atom stereocenters. The molecule has 0 unspecified atom stereocenters. The number of benzene rings is 3. The smallest absolute Gasteiger partial charge is 0.271 e. The van der Waals surface area contributed by atoms with E-state index in [-0.39, 0.29) is 11.6 Å². The zero-order valence-electron chi connectivity index (χ0n) is 17.2. The maximum atomic E-state index is 13.6. The molecule has 0 fully saturated rings. The number of ether oxygens (including phenoxy) is 1. The summed E-state index contributed by atoms with van der Waals surface area (Å²) >= 11 is 0. The Morgan fingerprint density at radius 1 is 1.03 bits per heavy atom. The van der Waals surface area contributed by atoms with Crippen LogP contribution in [0.5, 0.6) is 0 Å². The molecule has 2 heterocycles. The number of para-hydroxylation sites is 1. The van der Waals surface area contributed by atoms with E-state index in [4.69, 9.17) is 4.74 Å². The number of nitrogens with zero attached hydrogens (tertiary/aromatic N) is 2. The normalized spacial score (nSPS) is 16.4. The Bertz CT molecular complexity index is 1300. The number of H-pyrrole nitrogens is 1. The van der Waals surface area contributed by atoms with E-state index in [0.29, 0.717) is 36.5 Å². The molecule has 1 N–H and O–H groups in total. The molecule has 0 saturated carbocycles. The fourth-order valence-corrected chi connectivity index (χ4v) is 4.25. The minimum absolute atomic E-state index is 0.00780. The Hall–Kier alpha value is -3.97. The van der Waals surface area contributed by atoms with Gasteiger partial charge in [-0.25, -0.2) is 0 Å². The van der Waals surface area contributed by atoms with Crippen molar-refractivity contribution in [3.63, 3.8) is 0 Å². The van der Waals surface area contributed by atoms with Crippen molar-refractivity contribution in [1.29, 1.82) is 0 Å². The molecule has 1 aromatic heterocycles. The number of aromatic amines is 1. The lowest BCUT2D eigenvalue weighted by Crippen LogP contribution is -2.36. The van der Waals surface area contributed by atoms with Gasteiger partial charge in [-0.2, -0.15) is 0 Å². The molecule has 5 rings (SSSR count). The monoisotopic (exact) mass is 427 g/mol. The van der Waals surface area contributed by atoms with Crippen LogP contribution in [0.4, 0.5) is 5.69 Å². The number of carbonyl (C=O) groups excluding carboxylic acids is 1. The molecule has 0 aliphatic carbocycles. The quantitative estimate of drug-likeness (QED) is 0.373. The molecule has 160 valence electrons. The lowest BCUT2D eigenvalue weighted by Gasteiger charge is -2.29. The number of hydrogen-bond donors (Lipinski definition) is 1. The third kappa shape index (κ3) is 3.63. The molecule has 1 aliphatic rings. The van der Waals surface area contributed by atoms with E-state index in [9.17, 15) is 14.9 Å². The molecule has 7 heteroatoms. The Labute approximate surface area is 184 Å². The van der Waals surface area contributed by atoms with Crippen molar-refractivity contribution >= 4 is 22.5 Å². The van der Waals surface area contributed by atoms with E-state index in [2.05, 4.69) is 4.98 Å². The fourth-order valence-electron chi connectivity index (χ4n) is 4.25. The standard InChI is InChI=1S/C25H21N3O4/c29-25-23-22(20-11-4-5-12-21(20)26-23)24(18-9-6-10-19(15-18)28(30)31)32-14-13-27(25)16-17-7-2-1-3-8-17/h1-12,15,24,26H,13-14,16H2/t24-/m1/s1. The van der Waals surface area contributed by atoms with Crippen LogP contribution in [-0.4, -0.2) is 33.9 Å². The molecule has 1 aliphatic heterocycles. The molecule has 0 spiro atoms. The van der Waals surface area contributed by atoms with Crippen LogP contribution in [0.25, 0.3) is 10.9 Å². The molecule has 3 aromatic carbocycles. The topological polar surface area (TPSA) is 88.5 Å². The van der Waals surface area contributed by atoms with Gasteiger partial charge in [-0.3, -0.25) is 14.9 Å². The van der Waals surface area contributed by atoms with E-state index in [1.54, 1.807) is 17.0 Å². The van der Waals surface area contributed by atoms with Crippen LogP contribution in [0, 0.1) is 10.1 Å². The van der Waals surface area contributed by atoms with Crippen LogP contribution in [0.2, 0.25) is 0 Å². The van der Waals surface area contributed by atoms with Gasteiger partial charge in [-0.15, -0.1) is 0 Å². The molecule has 4 aromatic rings. The number of hydrogen-bond acceptors (Lipinski definition) is 4. The minimum atomic E-state index is -0.594. The second-order valence-electron chi connectivity index (χ2n) is 7.77. The van der Waals surface area contributed by atoms with Crippen molar-refractivity contribution < 1.29 is 14.5 Å². The Morgan fingerprint density at radius 3 is 2.62 bits per heavy atom. The van der Waals surface area contributed by atoms with E-state index in [1.807, 2.05) is 54.6 Å². The van der Waals surface area contributed by atoms with Crippen molar-refractivity contribution in [3.8, 4) is 0 Å². The molecule has 0 radical (unpaired) electrons. The first kappa shape index (κ1) is 20.0. The summed E-state index contributed by atoms with van der Waals surface area (Å²) in [7, 11) is 0. The average molecular weight is 427 g/mol. The zero-order valence-corrected chi connectivity index (χ0v) is 17.2. The van der Waals surface area contributed by atoms with Gasteiger partial charge in [0.1, 0.15) is 11.8 Å². The number of carbonyl (C=O) groups is 1. The first-order chi connectivity index (χ1) is 15.6. The van der Waals surface area contributed by atoms with Gasteiger partial charge >= 0.3 is 0 Å². The van der Waals surface area contributed by atoms with E-state index < -0.39 is 11.0 Å². The fraction of sp³-hybridized carbons (Fsp3) is 0.160. The molecule has 1 amide bonds. The van der Waals surface area contributed by atoms with Gasteiger partial charge in [0.25, 0.3) is 11.6 Å². The van der Waals surface area contributed by atoms with Gasteiger partial charge in [-0.1, -0.05) is 60.7 Å². The van der Waals surface area contributed by atoms with E-state index in [0.717, 1.165) is 16.5 Å². The summed E-state index contributed by atoms with van der Waals surface area (Å²) in [6, 6.07) is 23.9. The highest BCUT2D eigenvalue weighted by molar-refractivity contribution is 6.01. The summed E-state index contributed by atoms with van der Waals surface area (Å²) in [5.41, 5.74) is 3.67. The van der Waals surface area contributed by atoms with Gasteiger partial charge in [0.05, 0.1) is 11.5 Å². The Kier molecular flexibility index (Phi) is 5.17. The summed E-state index contributed by atoms with van der Waals surface area (Å²) in [6.07, 6.45) is -0.594. The van der Waals surface area contributed by atoms with Crippen molar-refractivity contribution in [2.45, 2.75) is 12.6 Å². The number of nitro benzene ring substituents is 1. The maximum absolute atomic E-state index is 13.6. The highest BCUT2D eigenvalue weighted by atomic mass is 16.6.